The van der Waals surface area contributed by atoms with Gasteiger partial charge >= 0.3 is 0 Å². The van der Waals surface area contributed by atoms with E-state index in [1.165, 1.54) is 0 Å². The fraction of sp³-hybridized carbons (Fsp3) is 0.389. The van der Waals surface area contributed by atoms with Crippen molar-refractivity contribution in [2.24, 2.45) is 5.41 Å². The molecule has 0 aliphatic heterocycles. The van der Waals surface area contributed by atoms with Crippen molar-refractivity contribution >= 4 is 34.9 Å². The first-order valence-electron chi connectivity index (χ1n) is 8.29. The van der Waals surface area contributed by atoms with Crippen LogP contribution in [0.5, 0.6) is 0 Å². The van der Waals surface area contributed by atoms with Crippen LogP contribution in [-0.4, -0.2) is 26.6 Å². The highest BCUT2D eigenvalue weighted by atomic mass is 35.5. The second-order valence-corrected chi connectivity index (χ2v) is 8.12. The third kappa shape index (κ3) is 3.25. The van der Waals surface area contributed by atoms with Crippen molar-refractivity contribution in [1.29, 1.82) is 5.26 Å². The number of carbonyl (C=O) groups excluding carboxylic acids is 1. The van der Waals surface area contributed by atoms with Gasteiger partial charge in [-0.15, -0.1) is 23.2 Å². The molecule has 1 fully saturated rings. The molecule has 136 valence electrons. The predicted octanol–water partition coefficient (Wildman–Crippen LogP) is 2.96. The number of carbonyl (C=O) groups is 1. The number of nitrogens with two attached hydrogens (primary N) is 1. The largest absolute Gasteiger partial charge is 0.382 e. The zero-order chi connectivity index (χ0) is 18.9. The standard InChI is InChI=1S/C18H19Cl2N5O/c1-17(11-18(17,19)20)16(26)23-9-5-8-14-13(10-21)15(22)25(24-14)12-6-3-2-4-7-12/h2-4,6-7H,5,8-9,11,22H2,1H3,(H,23,26). The molecule has 2 aromatic rings. The molecule has 1 aromatic heterocycles. The summed E-state index contributed by atoms with van der Waals surface area (Å²) in [5, 5.41) is 16.7. The molecular formula is C18H19Cl2N5O. The Labute approximate surface area is 161 Å². The number of nitrogens with one attached hydrogen (secondary N) is 1. The van der Waals surface area contributed by atoms with Crippen LogP contribution in [0.15, 0.2) is 30.3 Å². The van der Waals surface area contributed by atoms with E-state index in [0.29, 0.717) is 42.9 Å². The Hall–Kier alpha value is -2.23. The number of nitrogens with zero attached hydrogens (tertiary/aromatic N) is 3. The third-order valence-corrected chi connectivity index (χ3v) is 5.84. The lowest BCUT2D eigenvalue weighted by Crippen LogP contribution is -2.34. The van der Waals surface area contributed by atoms with Gasteiger partial charge in [0.2, 0.25) is 5.91 Å². The van der Waals surface area contributed by atoms with Gasteiger partial charge in [-0.2, -0.15) is 10.4 Å². The van der Waals surface area contributed by atoms with E-state index in [1.54, 1.807) is 11.6 Å². The van der Waals surface area contributed by atoms with Crippen LogP contribution in [0.1, 0.15) is 31.0 Å². The molecule has 1 unspecified atom stereocenters. The van der Waals surface area contributed by atoms with Gasteiger partial charge in [0.05, 0.1) is 16.8 Å². The molecule has 1 atom stereocenters. The number of alkyl halides is 2. The first kappa shape index (κ1) is 18.6. The molecular weight excluding hydrogens is 373 g/mol. The Bertz CT molecular complexity index is 872. The van der Waals surface area contributed by atoms with Crippen molar-refractivity contribution in [3.8, 4) is 11.8 Å². The number of halogens is 2. The summed E-state index contributed by atoms with van der Waals surface area (Å²) in [6.45, 7) is 2.19. The van der Waals surface area contributed by atoms with Gasteiger partial charge in [0.25, 0.3) is 0 Å². The van der Waals surface area contributed by atoms with Crippen LogP contribution >= 0.6 is 23.2 Å². The molecule has 1 saturated carbocycles. The van der Waals surface area contributed by atoms with Gasteiger partial charge in [0.1, 0.15) is 21.8 Å². The van der Waals surface area contributed by atoms with Crippen LogP contribution in [0.4, 0.5) is 5.82 Å². The van der Waals surface area contributed by atoms with Crippen LogP contribution in [0.25, 0.3) is 5.69 Å². The molecule has 0 bridgehead atoms. The van der Waals surface area contributed by atoms with E-state index in [1.807, 2.05) is 30.3 Å². The molecule has 1 aromatic carbocycles. The first-order chi connectivity index (χ1) is 12.3. The number of rotatable bonds is 6. The monoisotopic (exact) mass is 391 g/mol. The van der Waals surface area contributed by atoms with Crippen molar-refractivity contribution in [1.82, 2.24) is 15.1 Å². The van der Waals surface area contributed by atoms with Crippen molar-refractivity contribution < 1.29 is 4.79 Å². The molecule has 0 radical (unpaired) electrons. The fourth-order valence-electron chi connectivity index (χ4n) is 2.84. The summed E-state index contributed by atoms with van der Waals surface area (Å²) in [6, 6.07) is 11.5. The highest BCUT2D eigenvalue weighted by Gasteiger charge is 2.67. The summed E-state index contributed by atoms with van der Waals surface area (Å²) in [5.74, 6) is 0.162. The summed E-state index contributed by atoms with van der Waals surface area (Å²) >= 11 is 12.0. The maximum absolute atomic E-state index is 12.1. The second-order valence-electron chi connectivity index (χ2n) is 6.64. The number of amides is 1. The van der Waals surface area contributed by atoms with Crippen molar-refractivity contribution in [2.75, 3.05) is 12.3 Å². The molecule has 1 amide bonds. The minimum atomic E-state index is -0.978. The maximum atomic E-state index is 12.1. The van der Waals surface area contributed by atoms with E-state index in [0.717, 1.165) is 5.69 Å². The molecule has 8 heteroatoms. The van der Waals surface area contributed by atoms with Crippen molar-refractivity contribution in [2.45, 2.75) is 30.5 Å². The zero-order valence-electron chi connectivity index (χ0n) is 14.3. The van der Waals surface area contributed by atoms with Gasteiger partial charge in [0, 0.05) is 6.54 Å². The lowest BCUT2D eigenvalue weighted by atomic mass is 10.1. The van der Waals surface area contributed by atoms with Gasteiger partial charge in [-0.1, -0.05) is 18.2 Å². The van der Waals surface area contributed by atoms with E-state index in [-0.39, 0.29) is 5.91 Å². The number of aryl methyl sites for hydroxylation is 1. The minimum Gasteiger partial charge on any atom is -0.382 e. The molecule has 3 rings (SSSR count). The Kier molecular flexibility index (Phi) is 4.87. The highest BCUT2D eigenvalue weighted by Crippen LogP contribution is 2.63. The molecule has 0 spiro atoms. The van der Waals surface area contributed by atoms with E-state index in [4.69, 9.17) is 28.9 Å². The highest BCUT2D eigenvalue weighted by molar-refractivity contribution is 6.53. The van der Waals surface area contributed by atoms with Gasteiger partial charge in [-0.25, -0.2) is 4.68 Å². The SMILES string of the molecule is CC1(C(=O)NCCCc2nn(-c3ccccc3)c(N)c2C#N)CC1(Cl)Cl. The molecule has 26 heavy (non-hydrogen) atoms. The average molecular weight is 392 g/mol. The third-order valence-electron chi connectivity index (χ3n) is 4.74. The molecule has 1 heterocycles. The van der Waals surface area contributed by atoms with Gasteiger partial charge < -0.3 is 11.1 Å². The first-order valence-corrected chi connectivity index (χ1v) is 9.05. The quantitative estimate of drug-likeness (QED) is 0.584. The number of hydrogen-bond donors (Lipinski definition) is 2. The van der Waals surface area contributed by atoms with E-state index in [2.05, 4.69) is 16.5 Å². The lowest BCUT2D eigenvalue weighted by Gasteiger charge is -2.12. The average Bonchev–Trinajstić information content (AvgIpc) is 2.99. The number of aromatic nitrogens is 2. The molecule has 6 nitrogen and oxygen atoms in total. The van der Waals surface area contributed by atoms with E-state index < -0.39 is 9.75 Å². The number of hydrogen-bond acceptors (Lipinski definition) is 4. The smallest absolute Gasteiger partial charge is 0.229 e. The second kappa shape index (κ2) is 6.82. The molecule has 1 aliphatic rings. The van der Waals surface area contributed by atoms with Gasteiger partial charge in [-0.05, 0) is 38.3 Å². The van der Waals surface area contributed by atoms with Gasteiger partial charge in [0.15, 0.2) is 0 Å². The summed E-state index contributed by atoms with van der Waals surface area (Å²) < 4.78 is 0.584. The van der Waals surface area contributed by atoms with Crippen LogP contribution in [0.3, 0.4) is 0 Å². The van der Waals surface area contributed by atoms with Crippen LogP contribution in [0, 0.1) is 16.7 Å². The number of nitriles is 1. The van der Waals surface area contributed by atoms with Crippen LogP contribution in [-0.2, 0) is 11.2 Å². The van der Waals surface area contributed by atoms with Gasteiger partial charge in [-0.3, -0.25) is 4.79 Å². The number of nitrogen functional groups attached to an aromatic ring is 1. The fourth-order valence-corrected chi connectivity index (χ4v) is 3.55. The van der Waals surface area contributed by atoms with Crippen LogP contribution in [0.2, 0.25) is 0 Å². The molecule has 1 aliphatic carbocycles. The Morgan fingerprint density at radius 1 is 1.42 bits per heavy atom. The maximum Gasteiger partial charge on any atom is 0.229 e. The van der Waals surface area contributed by atoms with Crippen molar-refractivity contribution in [3.05, 3.63) is 41.6 Å². The lowest BCUT2D eigenvalue weighted by molar-refractivity contribution is -0.125. The van der Waals surface area contributed by atoms with Crippen molar-refractivity contribution in [3.63, 3.8) is 0 Å². The summed E-state index contributed by atoms with van der Waals surface area (Å²) in [5.41, 5.74) is 7.12. The Morgan fingerprint density at radius 2 is 2.08 bits per heavy atom. The number of para-hydroxylation sites is 1. The summed E-state index contributed by atoms with van der Waals surface area (Å²) in [7, 11) is 0. The Balaban J connectivity index is 1.62. The molecule has 0 saturated heterocycles. The summed E-state index contributed by atoms with van der Waals surface area (Å²) in [6.07, 6.45) is 1.60. The van der Waals surface area contributed by atoms with Crippen LogP contribution < -0.4 is 11.1 Å². The topological polar surface area (TPSA) is 96.7 Å². The minimum absolute atomic E-state index is 0.155. The number of anilines is 1. The number of benzene rings is 1. The summed E-state index contributed by atoms with van der Waals surface area (Å²) in [4.78, 5) is 12.1. The normalized spacial score (nSPS) is 20.4. The Morgan fingerprint density at radius 3 is 2.65 bits per heavy atom. The zero-order valence-corrected chi connectivity index (χ0v) is 15.8. The van der Waals surface area contributed by atoms with E-state index >= 15 is 0 Å². The predicted molar refractivity (Wildman–Crippen MR) is 101 cm³/mol. The molecule has 3 N–H and O–H groups in total. The van der Waals surface area contributed by atoms with E-state index in [9.17, 15) is 10.1 Å².